The number of hydrogen-bond donors (Lipinski definition) is 3. The Morgan fingerprint density at radius 2 is 1.45 bits per heavy atom. The second-order valence-electron chi connectivity index (χ2n) is 6.99. The van der Waals surface area contributed by atoms with Crippen molar-refractivity contribution in [2.75, 3.05) is 26.6 Å². The van der Waals surface area contributed by atoms with Crippen LogP contribution in [0.2, 0.25) is 0 Å². The highest BCUT2D eigenvalue weighted by Gasteiger charge is 2.12. The molecule has 0 heterocycles. The van der Waals surface area contributed by atoms with Gasteiger partial charge in [-0.25, -0.2) is 0 Å². The number of carbonyl (C=O) groups is 1. The Morgan fingerprint density at radius 1 is 0.788 bits per heavy atom. The van der Waals surface area contributed by atoms with Gasteiger partial charge in [0.1, 0.15) is 11.5 Å². The van der Waals surface area contributed by atoms with Crippen molar-refractivity contribution in [3.8, 4) is 28.7 Å². The summed E-state index contributed by atoms with van der Waals surface area (Å²) in [5.74, 6) is 1.22. The lowest BCUT2D eigenvalue weighted by Gasteiger charge is -2.12. The zero-order valence-corrected chi connectivity index (χ0v) is 18.5. The number of phenolic OH excluding ortho intramolecular Hbond substituents is 2. The Labute approximate surface area is 192 Å². The van der Waals surface area contributed by atoms with Crippen LogP contribution in [0.25, 0.3) is 18.2 Å². The third-order valence-corrected chi connectivity index (χ3v) is 4.73. The van der Waals surface area contributed by atoms with Crippen molar-refractivity contribution < 1.29 is 29.2 Å². The molecule has 0 spiro atoms. The second-order valence-corrected chi connectivity index (χ2v) is 6.99. The van der Waals surface area contributed by atoms with Crippen LogP contribution in [0.1, 0.15) is 16.7 Å². The largest absolute Gasteiger partial charge is 0.508 e. The van der Waals surface area contributed by atoms with Crippen LogP contribution in [0.5, 0.6) is 28.7 Å². The Kier molecular flexibility index (Phi) is 7.60. The normalized spacial score (nSPS) is 11.0. The van der Waals surface area contributed by atoms with Crippen LogP contribution < -0.4 is 19.5 Å². The van der Waals surface area contributed by atoms with Crippen molar-refractivity contribution in [3.05, 3.63) is 77.4 Å². The van der Waals surface area contributed by atoms with Gasteiger partial charge in [0.15, 0.2) is 11.5 Å². The molecule has 33 heavy (non-hydrogen) atoms. The highest BCUT2D eigenvalue weighted by atomic mass is 16.5. The van der Waals surface area contributed by atoms with Gasteiger partial charge < -0.3 is 29.7 Å². The van der Waals surface area contributed by atoms with Crippen LogP contribution in [0.3, 0.4) is 0 Å². The van der Waals surface area contributed by atoms with E-state index >= 15 is 0 Å². The molecule has 0 saturated heterocycles. The van der Waals surface area contributed by atoms with E-state index in [1.807, 2.05) is 24.3 Å². The van der Waals surface area contributed by atoms with Gasteiger partial charge in [0.2, 0.25) is 11.7 Å². The second kappa shape index (κ2) is 10.8. The molecule has 0 saturated carbocycles. The summed E-state index contributed by atoms with van der Waals surface area (Å²) < 4.78 is 16.0. The summed E-state index contributed by atoms with van der Waals surface area (Å²) in [5, 5.41) is 22.4. The molecule has 3 N–H and O–H groups in total. The Morgan fingerprint density at radius 3 is 2.06 bits per heavy atom. The molecule has 0 radical (unpaired) electrons. The van der Waals surface area contributed by atoms with Crippen LogP contribution in [0, 0.1) is 0 Å². The molecule has 7 nitrogen and oxygen atoms in total. The minimum Gasteiger partial charge on any atom is -0.508 e. The molecule has 0 atom stereocenters. The number of nitrogens with one attached hydrogen (secondary N) is 1. The molecule has 0 unspecified atom stereocenters. The maximum absolute atomic E-state index is 12.2. The predicted molar refractivity (Wildman–Crippen MR) is 129 cm³/mol. The molecule has 170 valence electrons. The summed E-state index contributed by atoms with van der Waals surface area (Å²) in [6, 6.07) is 15.1. The molecule has 1 amide bonds. The SMILES string of the molecule is COc1cc(/C=C/c2ccc(NC(=O)/C=C/c3cccc(O)c3)c(O)c2)cc(OC)c1OC. The van der Waals surface area contributed by atoms with Gasteiger partial charge in [0, 0.05) is 6.08 Å². The average Bonchev–Trinajstić information content (AvgIpc) is 2.82. The van der Waals surface area contributed by atoms with Gasteiger partial charge in [-0.3, -0.25) is 4.79 Å². The first-order valence-corrected chi connectivity index (χ1v) is 10.0. The number of phenols is 2. The van der Waals surface area contributed by atoms with Crippen LogP contribution in [-0.4, -0.2) is 37.4 Å². The molecule has 3 aromatic rings. The molecule has 0 aliphatic heterocycles. The number of amides is 1. The number of anilines is 1. The zero-order valence-electron chi connectivity index (χ0n) is 18.5. The van der Waals surface area contributed by atoms with Crippen molar-refractivity contribution in [2.24, 2.45) is 0 Å². The molecule has 3 rings (SSSR count). The van der Waals surface area contributed by atoms with Crippen molar-refractivity contribution in [3.63, 3.8) is 0 Å². The maximum Gasteiger partial charge on any atom is 0.248 e. The van der Waals surface area contributed by atoms with Crippen molar-refractivity contribution in [1.82, 2.24) is 0 Å². The Balaban J connectivity index is 1.72. The van der Waals surface area contributed by atoms with Gasteiger partial charge in [-0.1, -0.05) is 30.4 Å². The number of rotatable bonds is 8. The summed E-state index contributed by atoms with van der Waals surface area (Å²) in [4.78, 5) is 12.2. The minimum absolute atomic E-state index is 0.0684. The van der Waals surface area contributed by atoms with Crippen molar-refractivity contribution >= 4 is 29.8 Å². The molecule has 0 aliphatic rings. The first-order chi connectivity index (χ1) is 15.9. The minimum atomic E-state index is -0.408. The van der Waals surface area contributed by atoms with Gasteiger partial charge in [0.05, 0.1) is 27.0 Å². The molecule has 0 bridgehead atoms. The fourth-order valence-corrected chi connectivity index (χ4v) is 3.12. The first kappa shape index (κ1) is 23.3. The van der Waals surface area contributed by atoms with E-state index in [9.17, 15) is 15.0 Å². The van der Waals surface area contributed by atoms with Gasteiger partial charge in [-0.15, -0.1) is 0 Å². The fraction of sp³-hybridized carbons (Fsp3) is 0.115. The fourth-order valence-electron chi connectivity index (χ4n) is 3.12. The van der Waals surface area contributed by atoms with Gasteiger partial charge in [0.25, 0.3) is 0 Å². The van der Waals surface area contributed by atoms with E-state index in [0.717, 1.165) is 11.1 Å². The molecule has 0 fully saturated rings. The number of benzene rings is 3. The standard InChI is InChI=1S/C26H25NO6/c1-31-23-15-19(16-24(32-2)26(23)33-3)8-7-18-9-11-21(22(29)14-18)27-25(30)12-10-17-5-4-6-20(28)13-17/h4-16,28-29H,1-3H3,(H,27,30)/b8-7+,12-10+. The lowest BCUT2D eigenvalue weighted by Crippen LogP contribution is -2.07. The molecule has 7 heteroatoms. The van der Waals surface area contributed by atoms with E-state index in [4.69, 9.17) is 14.2 Å². The molecular weight excluding hydrogens is 422 g/mol. The lowest BCUT2D eigenvalue weighted by molar-refractivity contribution is -0.111. The monoisotopic (exact) mass is 447 g/mol. The first-order valence-electron chi connectivity index (χ1n) is 10.0. The summed E-state index contributed by atoms with van der Waals surface area (Å²) in [5.41, 5.74) is 2.51. The molecule has 3 aromatic carbocycles. The van der Waals surface area contributed by atoms with E-state index < -0.39 is 5.91 Å². The van der Waals surface area contributed by atoms with Crippen molar-refractivity contribution in [1.29, 1.82) is 0 Å². The van der Waals surface area contributed by atoms with E-state index in [-0.39, 0.29) is 17.2 Å². The van der Waals surface area contributed by atoms with Crippen LogP contribution in [0.4, 0.5) is 5.69 Å². The van der Waals surface area contributed by atoms with E-state index in [0.29, 0.717) is 22.8 Å². The van der Waals surface area contributed by atoms with E-state index in [2.05, 4.69) is 5.32 Å². The van der Waals surface area contributed by atoms with Crippen molar-refractivity contribution in [2.45, 2.75) is 0 Å². The van der Waals surface area contributed by atoms with Crippen LogP contribution >= 0.6 is 0 Å². The Bertz CT molecular complexity index is 1170. The highest BCUT2D eigenvalue weighted by molar-refractivity contribution is 6.02. The average molecular weight is 447 g/mol. The zero-order chi connectivity index (χ0) is 23.8. The third kappa shape index (κ3) is 6.07. The third-order valence-electron chi connectivity index (χ3n) is 4.73. The maximum atomic E-state index is 12.2. The Hall–Kier alpha value is -4.39. The number of aromatic hydroxyl groups is 2. The topological polar surface area (TPSA) is 97.3 Å². The summed E-state index contributed by atoms with van der Waals surface area (Å²) >= 11 is 0. The summed E-state index contributed by atoms with van der Waals surface area (Å²) in [7, 11) is 4.64. The van der Waals surface area contributed by atoms with Crippen LogP contribution in [-0.2, 0) is 4.79 Å². The molecule has 0 aliphatic carbocycles. The number of hydrogen-bond acceptors (Lipinski definition) is 6. The number of methoxy groups -OCH3 is 3. The van der Waals surface area contributed by atoms with E-state index in [1.165, 1.54) is 12.1 Å². The number of carbonyl (C=O) groups excluding carboxylic acids is 1. The van der Waals surface area contributed by atoms with Crippen LogP contribution in [0.15, 0.2) is 60.7 Å². The number of ether oxygens (including phenoxy) is 3. The van der Waals surface area contributed by atoms with Gasteiger partial charge in [-0.05, 0) is 59.2 Å². The quantitative estimate of drug-likeness (QED) is 0.257. The molecular formula is C26H25NO6. The molecule has 0 aromatic heterocycles. The summed E-state index contributed by atoms with van der Waals surface area (Å²) in [6.07, 6.45) is 6.55. The van der Waals surface area contributed by atoms with E-state index in [1.54, 1.807) is 63.8 Å². The summed E-state index contributed by atoms with van der Waals surface area (Å²) in [6.45, 7) is 0. The smallest absolute Gasteiger partial charge is 0.248 e. The lowest BCUT2D eigenvalue weighted by atomic mass is 10.1. The predicted octanol–water partition coefficient (Wildman–Crippen LogP) is 4.95. The van der Waals surface area contributed by atoms with Gasteiger partial charge in [-0.2, -0.15) is 0 Å². The van der Waals surface area contributed by atoms with Gasteiger partial charge >= 0.3 is 0 Å². The highest BCUT2D eigenvalue weighted by Crippen LogP contribution is 2.38.